The highest BCUT2D eigenvalue weighted by Crippen LogP contribution is 2.26. The lowest BCUT2D eigenvalue weighted by Crippen LogP contribution is -2.48. The van der Waals surface area contributed by atoms with Gasteiger partial charge in [-0.1, -0.05) is 0 Å². The molecule has 0 aromatic carbocycles. The highest BCUT2D eigenvalue weighted by Gasteiger charge is 2.25. The van der Waals surface area contributed by atoms with Crippen LogP contribution in [-0.4, -0.2) is 65.3 Å². The van der Waals surface area contributed by atoms with Crippen LogP contribution in [0, 0.1) is 13.8 Å². The second kappa shape index (κ2) is 5.86. The van der Waals surface area contributed by atoms with Crippen molar-refractivity contribution in [1.82, 2.24) is 39.1 Å². The Kier molecular flexibility index (Phi) is 3.46. The molecule has 5 rings (SSSR count). The Morgan fingerprint density at radius 3 is 2.48 bits per heavy atom. The Morgan fingerprint density at radius 2 is 1.67 bits per heavy atom. The number of piperazine rings is 1. The Hall–Kier alpha value is -3.30. The Balaban J connectivity index is 1.46. The van der Waals surface area contributed by atoms with Crippen LogP contribution < -0.4 is 9.80 Å². The van der Waals surface area contributed by atoms with Gasteiger partial charge in [-0.2, -0.15) is 14.6 Å². The molecule has 4 aromatic rings. The van der Waals surface area contributed by atoms with E-state index in [2.05, 4.69) is 46.7 Å². The quantitative estimate of drug-likeness (QED) is 0.514. The monoisotopic (exact) mass is 364 g/mol. The average Bonchev–Trinajstić information content (AvgIpc) is 3.30. The van der Waals surface area contributed by atoms with E-state index in [-0.39, 0.29) is 0 Å². The molecule has 0 spiro atoms. The van der Waals surface area contributed by atoms with E-state index in [4.69, 9.17) is 0 Å². The molecule has 1 aliphatic heterocycles. The van der Waals surface area contributed by atoms with Crippen molar-refractivity contribution in [2.45, 2.75) is 13.8 Å². The first kappa shape index (κ1) is 15.9. The standard InChI is InChI=1S/C17H20N10/c1-11-12(2)23-17-20-9-22-27(17)16(11)26-6-4-25(5-7-26)15-13-14(18-8-19-15)21-10-24(13)3/h8-10H,4-7H2,1-3H3. The largest absolute Gasteiger partial charge is 0.353 e. The molecule has 0 saturated carbocycles. The van der Waals surface area contributed by atoms with Crippen LogP contribution in [0.25, 0.3) is 16.9 Å². The van der Waals surface area contributed by atoms with E-state index in [1.165, 1.54) is 0 Å². The summed E-state index contributed by atoms with van der Waals surface area (Å²) in [7, 11) is 1.98. The summed E-state index contributed by atoms with van der Waals surface area (Å²) >= 11 is 0. The van der Waals surface area contributed by atoms with Crippen LogP contribution >= 0.6 is 0 Å². The minimum Gasteiger partial charge on any atom is -0.353 e. The molecule has 10 heteroatoms. The first-order valence-corrected chi connectivity index (χ1v) is 8.92. The summed E-state index contributed by atoms with van der Waals surface area (Å²) in [5, 5.41) is 4.37. The number of imidazole rings is 1. The molecule has 1 saturated heterocycles. The predicted octanol–water partition coefficient (Wildman–Crippen LogP) is 0.744. The fourth-order valence-corrected chi connectivity index (χ4v) is 3.72. The van der Waals surface area contributed by atoms with E-state index in [9.17, 15) is 0 Å². The van der Waals surface area contributed by atoms with Crippen LogP contribution in [0.4, 0.5) is 11.6 Å². The molecular weight excluding hydrogens is 344 g/mol. The Bertz CT molecular complexity index is 1140. The molecule has 27 heavy (non-hydrogen) atoms. The summed E-state index contributed by atoms with van der Waals surface area (Å²) in [5.41, 5.74) is 3.83. The van der Waals surface area contributed by atoms with Gasteiger partial charge in [-0.3, -0.25) is 0 Å². The highest BCUT2D eigenvalue weighted by molar-refractivity contribution is 5.83. The maximum absolute atomic E-state index is 4.53. The third-order valence-electron chi connectivity index (χ3n) is 5.24. The van der Waals surface area contributed by atoms with Crippen molar-refractivity contribution in [3.05, 3.63) is 30.2 Å². The molecule has 0 radical (unpaired) electrons. The summed E-state index contributed by atoms with van der Waals surface area (Å²) in [6.07, 6.45) is 4.93. The summed E-state index contributed by atoms with van der Waals surface area (Å²) in [5.74, 6) is 2.65. The topological polar surface area (TPSA) is 93.2 Å². The molecule has 0 unspecified atom stereocenters. The maximum atomic E-state index is 4.53. The van der Waals surface area contributed by atoms with Gasteiger partial charge in [0.25, 0.3) is 5.78 Å². The van der Waals surface area contributed by atoms with Crippen molar-refractivity contribution in [3.63, 3.8) is 0 Å². The molecule has 0 aliphatic carbocycles. The van der Waals surface area contributed by atoms with E-state index in [0.29, 0.717) is 5.78 Å². The molecular formula is C17H20N10. The van der Waals surface area contributed by atoms with E-state index < -0.39 is 0 Å². The van der Waals surface area contributed by atoms with Crippen molar-refractivity contribution in [2.24, 2.45) is 7.05 Å². The van der Waals surface area contributed by atoms with Gasteiger partial charge in [0.05, 0.1) is 6.33 Å². The average molecular weight is 364 g/mol. The zero-order valence-electron chi connectivity index (χ0n) is 15.5. The van der Waals surface area contributed by atoms with Gasteiger partial charge in [0.15, 0.2) is 11.5 Å². The van der Waals surface area contributed by atoms with Gasteiger partial charge in [0.1, 0.15) is 24.0 Å². The van der Waals surface area contributed by atoms with Crippen molar-refractivity contribution < 1.29 is 0 Å². The number of hydrogen-bond acceptors (Lipinski definition) is 8. The second-order valence-corrected chi connectivity index (χ2v) is 6.82. The summed E-state index contributed by atoms with van der Waals surface area (Å²) in [4.78, 5) is 26.5. The normalized spacial score (nSPS) is 15.2. The first-order chi connectivity index (χ1) is 13.1. The fraction of sp³-hybridized carbons (Fsp3) is 0.412. The Labute approximate surface area is 155 Å². The molecule has 0 amide bonds. The molecule has 138 valence electrons. The summed E-state index contributed by atoms with van der Waals surface area (Å²) < 4.78 is 3.81. The van der Waals surface area contributed by atoms with E-state index in [1.54, 1.807) is 19.0 Å². The van der Waals surface area contributed by atoms with Crippen LogP contribution in [0.3, 0.4) is 0 Å². The van der Waals surface area contributed by atoms with Crippen molar-refractivity contribution in [1.29, 1.82) is 0 Å². The maximum Gasteiger partial charge on any atom is 0.254 e. The van der Waals surface area contributed by atoms with Crippen molar-refractivity contribution >= 4 is 28.6 Å². The van der Waals surface area contributed by atoms with Crippen LogP contribution in [0.2, 0.25) is 0 Å². The lowest BCUT2D eigenvalue weighted by molar-refractivity contribution is 0.631. The number of aryl methyl sites for hydroxylation is 2. The van der Waals surface area contributed by atoms with Crippen LogP contribution in [0.5, 0.6) is 0 Å². The molecule has 10 nitrogen and oxygen atoms in total. The second-order valence-electron chi connectivity index (χ2n) is 6.82. The SMILES string of the molecule is Cc1nc2ncnn2c(N2CCN(c3ncnc4ncn(C)c34)CC2)c1C. The smallest absolute Gasteiger partial charge is 0.254 e. The van der Waals surface area contributed by atoms with Crippen molar-refractivity contribution in [3.8, 4) is 0 Å². The van der Waals surface area contributed by atoms with Gasteiger partial charge in [-0.05, 0) is 13.8 Å². The molecule has 5 heterocycles. The van der Waals surface area contributed by atoms with E-state index in [1.807, 2.05) is 23.1 Å². The summed E-state index contributed by atoms with van der Waals surface area (Å²) in [6.45, 7) is 7.55. The minimum atomic E-state index is 0.642. The molecule has 0 atom stereocenters. The van der Waals surface area contributed by atoms with Crippen LogP contribution in [0.15, 0.2) is 19.0 Å². The first-order valence-electron chi connectivity index (χ1n) is 8.92. The minimum absolute atomic E-state index is 0.642. The number of anilines is 2. The number of hydrogen-bond donors (Lipinski definition) is 0. The zero-order valence-corrected chi connectivity index (χ0v) is 15.5. The van der Waals surface area contributed by atoms with Crippen LogP contribution in [-0.2, 0) is 7.05 Å². The summed E-state index contributed by atoms with van der Waals surface area (Å²) in [6, 6.07) is 0. The number of fused-ring (bicyclic) bond motifs is 2. The molecule has 4 aromatic heterocycles. The number of rotatable bonds is 2. The van der Waals surface area contributed by atoms with Crippen molar-refractivity contribution in [2.75, 3.05) is 36.0 Å². The lowest BCUT2D eigenvalue weighted by atomic mass is 10.2. The molecule has 1 fully saturated rings. The van der Waals surface area contributed by atoms with Gasteiger partial charge >= 0.3 is 0 Å². The lowest BCUT2D eigenvalue weighted by Gasteiger charge is -2.37. The third kappa shape index (κ3) is 2.40. The van der Waals surface area contributed by atoms with Gasteiger partial charge in [0, 0.05) is 44.5 Å². The van der Waals surface area contributed by atoms with Gasteiger partial charge in [-0.25, -0.2) is 19.9 Å². The Morgan fingerprint density at radius 1 is 0.889 bits per heavy atom. The van der Waals surface area contributed by atoms with Gasteiger partial charge < -0.3 is 14.4 Å². The van der Waals surface area contributed by atoms with E-state index >= 15 is 0 Å². The van der Waals surface area contributed by atoms with E-state index in [0.717, 1.165) is 60.2 Å². The molecule has 0 bridgehead atoms. The fourth-order valence-electron chi connectivity index (χ4n) is 3.72. The molecule has 1 aliphatic rings. The highest BCUT2D eigenvalue weighted by atomic mass is 15.4. The third-order valence-corrected chi connectivity index (χ3v) is 5.24. The van der Waals surface area contributed by atoms with Gasteiger partial charge in [-0.15, -0.1) is 0 Å². The van der Waals surface area contributed by atoms with Crippen LogP contribution in [0.1, 0.15) is 11.3 Å². The zero-order chi connectivity index (χ0) is 18.5. The number of nitrogens with zero attached hydrogens (tertiary/aromatic N) is 10. The predicted molar refractivity (Wildman–Crippen MR) is 101 cm³/mol. The van der Waals surface area contributed by atoms with Gasteiger partial charge in [0.2, 0.25) is 0 Å². The number of aromatic nitrogens is 8. The molecule has 0 N–H and O–H groups in total.